The molecule has 0 radical (unpaired) electrons. The Bertz CT molecular complexity index is 384. The number of hydrogen-bond acceptors (Lipinski definition) is 3. The van der Waals surface area contributed by atoms with E-state index >= 15 is 0 Å². The van der Waals surface area contributed by atoms with Crippen molar-refractivity contribution in [2.45, 2.75) is 33.2 Å². The summed E-state index contributed by atoms with van der Waals surface area (Å²) in [6, 6.07) is 6.30. The molecule has 1 aromatic carbocycles. The van der Waals surface area contributed by atoms with Gasteiger partial charge in [0, 0.05) is 28.6 Å². The van der Waals surface area contributed by atoms with E-state index in [0.717, 1.165) is 28.8 Å². The van der Waals surface area contributed by atoms with E-state index in [2.05, 4.69) is 41.2 Å². The van der Waals surface area contributed by atoms with Crippen molar-refractivity contribution >= 4 is 15.9 Å². The molecular weight excluding hydrogens is 306 g/mol. The van der Waals surface area contributed by atoms with Gasteiger partial charge in [-0.15, -0.1) is 0 Å². The summed E-state index contributed by atoms with van der Waals surface area (Å²) in [5, 5.41) is 12.5. The van der Waals surface area contributed by atoms with Crippen LogP contribution in [0.5, 0.6) is 5.75 Å². The van der Waals surface area contributed by atoms with Crippen LogP contribution >= 0.6 is 15.9 Å². The lowest BCUT2D eigenvalue weighted by molar-refractivity contribution is 0.173. The van der Waals surface area contributed by atoms with Gasteiger partial charge >= 0.3 is 0 Å². The fourth-order valence-electron chi connectivity index (χ4n) is 1.74. The summed E-state index contributed by atoms with van der Waals surface area (Å²) in [7, 11) is 0. The Kier molecular flexibility index (Phi) is 7.42. The van der Waals surface area contributed by atoms with Crippen LogP contribution in [0.25, 0.3) is 0 Å². The van der Waals surface area contributed by atoms with E-state index in [0.29, 0.717) is 6.61 Å². The van der Waals surface area contributed by atoms with Crippen LogP contribution in [0, 0.1) is 5.92 Å². The summed E-state index contributed by atoms with van der Waals surface area (Å²) in [5.41, 5.74) is 1.15. The van der Waals surface area contributed by atoms with E-state index in [9.17, 15) is 0 Å². The molecule has 0 heterocycles. The van der Waals surface area contributed by atoms with Crippen molar-refractivity contribution in [2.75, 3.05) is 19.8 Å². The summed E-state index contributed by atoms with van der Waals surface area (Å²) >= 11 is 3.50. The number of aliphatic hydroxyl groups excluding tert-OH is 1. The number of ether oxygens (including phenoxy) is 1. The third-order valence-corrected chi connectivity index (χ3v) is 3.47. The van der Waals surface area contributed by atoms with Gasteiger partial charge in [-0.25, -0.2) is 0 Å². The summed E-state index contributed by atoms with van der Waals surface area (Å²) in [5.74, 6) is 1.04. The maximum absolute atomic E-state index is 9.05. The summed E-state index contributed by atoms with van der Waals surface area (Å²) in [6.07, 6.45) is 1.11. The molecule has 4 heteroatoms. The molecule has 0 amide bonds. The summed E-state index contributed by atoms with van der Waals surface area (Å²) < 4.78 is 6.88. The quantitative estimate of drug-likeness (QED) is 0.766. The highest BCUT2D eigenvalue weighted by Gasteiger charge is 2.12. The zero-order chi connectivity index (χ0) is 14.3. The highest BCUT2D eigenvalue weighted by atomic mass is 79.9. The van der Waals surface area contributed by atoms with Gasteiger partial charge in [-0.3, -0.25) is 0 Å². The number of nitrogens with one attached hydrogen (secondary N) is 1. The number of rotatable bonds is 8. The molecule has 0 aromatic heterocycles. The third kappa shape index (κ3) is 5.51. The highest BCUT2D eigenvalue weighted by molar-refractivity contribution is 9.10. The number of benzene rings is 1. The lowest BCUT2D eigenvalue weighted by Gasteiger charge is -2.19. The fourth-order valence-corrected chi connectivity index (χ4v) is 2.12. The smallest absolute Gasteiger partial charge is 0.124 e. The van der Waals surface area contributed by atoms with Crippen LogP contribution in [-0.4, -0.2) is 24.9 Å². The predicted octanol–water partition coefficient (Wildman–Crippen LogP) is 3.52. The Morgan fingerprint density at radius 3 is 2.74 bits per heavy atom. The lowest BCUT2D eigenvalue weighted by atomic mass is 10.1. The van der Waals surface area contributed by atoms with E-state index in [1.54, 1.807) is 0 Å². The average molecular weight is 330 g/mol. The fraction of sp³-hybridized carbons (Fsp3) is 0.600. The van der Waals surface area contributed by atoms with E-state index in [1.165, 1.54) is 0 Å². The van der Waals surface area contributed by atoms with Crippen molar-refractivity contribution in [3.05, 3.63) is 28.2 Å². The van der Waals surface area contributed by atoms with Gasteiger partial charge in [0.15, 0.2) is 0 Å². The number of aliphatic hydroxyl groups is 1. The molecule has 0 aliphatic rings. The van der Waals surface area contributed by atoms with E-state index < -0.39 is 0 Å². The van der Waals surface area contributed by atoms with Crippen molar-refractivity contribution in [3.63, 3.8) is 0 Å². The molecule has 0 saturated carbocycles. The SMILES string of the molecule is CCCNC(C)c1cc(Br)ccc1OCC(C)CO. The molecule has 1 aromatic rings. The molecule has 0 bridgehead atoms. The minimum absolute atomic E-state index is 0.148. The Hall–Kier alpha value is -0.580. The van der Waals surface area contributed by atoms with Crippen LogP contribution in [0.1, 0.15) is 38.8 Å². The van der Waals surface area contributed by atoms with Crippen LogP contribution in [0.15, 0.2) is 22.7 Å². The highest BCUT2D eigenvalue weighted by Crippen LogP contribution is 2.29. The van der Waals surface area contributed by atoms with Gasteiger partial charge < -0.3 is 15.2 Å². The summed E-state index contributed by atoms with van der Waals surface area (Å²) in [6.45, 7) is 7.93. The van der Waals surface area contributed by atoms with Gasteiger partial charge in [-0.1, -0.05) is 29.8 Å². The predicted molar refractivity (Wildman–Crippen MR) is 82.6 cm³/mol. The molecule has 0 aliphatic heterocycles. The second-order valence-electron chi connectivity index (χ2n) is 4.96. The van der Waals surface area contributed by atoms with Gasteiger partial charge in [-0.05, 0) is 38.1 Å². The molecule has 0 spiro atoms. The van der Waals surface area contributed by atoms with Crippen molar-refractivity contribution in [2.24, 2.45) is 5.92 Å². The number of halogens is 1. The molecule has 0 aliphatic carbocycles. The first-order valence-corrected chi connectivity index (χ1v) is 7.64. The molecule has 19 heavy (non-hydrogen) atoms. The molecule has 0 fully saturated rings. The molecule has 0 saturated heterocycles. The standard InChI is InChI=1S/C15H24BrNO2/c1-4-7-17-12(3)14-8-13(16)5-6-15(14)19-10-11(2)9-18/h5-6,8,11-12,17-18H,4,7,9-10H2,1-3H3. The van der Waals surface area contributed by atoms with E-state index in [1.807, 2.05) is 19.1 Å². The van der Waals surface area contributed by atoms with Crippen LogP contribution in [0.2, 0.25) is 0 Å². The van der Waals surface area contributed by atoms with E-state index in [-0.39, 0.29) is 18.6 Å². The molecule has 108 valence electrons. The first-order chi connectivity index (χ1) is 9.08. The van der Waals surface area contributed by atoms with Crippen LogP contribution < -0.4 is 10.1 Å². The number of hydrogen-bond donors (Lipinski definition) is 2. The van der Waals surface area contributed by atoms with Crippen LogP contribution in [0.3, 0.4) is 0 Å². The zero-order valence-corrected chi connectivity index (χ0v) is 13.5. The Labute approximate surface area is 124 Å². The molecule has 3 nitrogen and oxygen atoms in total. The van der Waals surface area contributed by atoms with Crippen molar-refractivity contribution in [1.82, 2.24) is 5.32 Å². The second-order valence-corrected chi connectivity index (χ2v) is 5.87. The van der Waals surface area contributed by atoms with Gasteiger partial charge in [0.2, 0.25) is 0 Å². The van der Waals surface area contributed by atoms with Crippen molar-refractivity contribution in [1.29, 1.82) is 0 Å². The zero-order valence-electron chi connectivity index (χ0n) is 11.9. The molecule has 1 rings (SSSR count). The average Bonchev–Trinajstić information content (AvgIpc) is 2.42. The van der Waals surface area contributed by atoms with Gasteiger partial charge in [0.1, 0.15) is 5.75 Å². The van der Waals surface area contributed by atoms with Gasteiger partial charge in [0.25, 0.3) is 0 Å². The Morgan fingerprint density at radius 1 is 1.37 bits per heavy atom. The first-order valence-electron chi connectivity index (χ1n) is 6.85. The lowest BCUT2D eigenvalue weighted by Crippen LogP contribution is -2.21. The molecule has 2 unspecified atom stereocenters. The molecule has 2 N–H and O–H groups in total. The van der Waals surface area contributed by atoms with Crippen molar-refractivity contribution in [3.8, 4) is 5.75 Å². The minimum atomic E-state index is 0.148. The van der Waals surface area contributed by atoms with Gasteiger partial charge in [0.05, 0.1) is 6.61 Å². The summed E-state index contributed by atoms with van der Waals surface area (Å²) in [4.78, 5) is 0. The van der Waals surface area contributed by atoms with Crippen molar-refractivity contribution < 1.29 is 9.84 Å². The van der Waals surface area contributed by atoms with Crippen LogP contribution in [0.4, 0.5) is 0 Å². The third-order valence-electron chi connectivity index (χ3n) is 2.97. The maximum atomic E-state index is 9.05. The second kappa shape index (κ2) is 8.56. The first kappa shape index (κ1) is 16.5. The van der Waals surface area contributed by atoms with Gasteiger partial charge in [-0.2, -0.15) is 0 Å². The maximum Gasteiger partial charge on any atom is 0.124 e. The monoisotopic (exact) mass is 329 g/mol. The Balaban J connectivity index is 2.78. The minimum Gasteiger partial charge on any atom is -0.493 e. The van der Waals surface area contributed by atoms with E-state index in [4.69, 9.17) is 9.84 Å². The Morgan fingerprint density at radius 2 is 2.11 bits per heavy atom. The molecular formula is C15H24BrNO2. The molecule has 2 atom stereocenters. The van der Waals surface area contributed by atoms with Crippen LogP contribution in [-0.2, 0) is 0 Å². The normalized spacial score (nSPS) is 14.2. The topological polar surface area (TPSA) is 41.5 Å². The largest absolute Gasteiger partial charge is 0.493 e.